The third-order valence-electron chi connectivity index (χ3n) is 4.23. The lowest BCUT2D eigenvalue weighted by Crippen LogP contribution is -2.39. The first kappa shape index (κ1) is 13.3. The predicted molar refractivity (Wildman–Crippen MR) is 71.0 cm³/mol. The van der Waals surface area contributed by atoms with Gasteiger partial charge in [-0.25, -0.2) is 0 Å². The molecule has 1 aliphatic heterocycles. The molecule has 0 amide bonds. The third-order valence-corrected chi connectivity index (χ3v) is 4.23. The Morgan fingerprint density at radius 3 is 2.41 bits per heavy atom. The lowest BCUT2D eigenvalue weighted by molar-refractivity contribution is 0.00452. The highest BCUT2D eigenvalue weighted by atomic mass is 16.5. The second-order valence-corrected chi connectivity index (χ2v) is 5.66. The van der Waals surface area contributed by atoms with Crippen LogP contribution in [0.4, 0.5) is 0 Å². The van der Waals surface area contributed by atoms with Gasteiger partial charge in [-0.3, -0.25) is 0 Å². The Kier molecular flexibility index (Phi) is 5.75. The molecule has 2 N–H and O–H groups in total. The Hall–Kier alpha value is -0.120. The summed E-state index contributed by atoms with van der Waals surface area (Å²) in [7, 11) is 0. The Morgan fingerprint density at radius 2 is 1.76 bits per heavy atom. The van der Waals surface area contributed by atoms with Crippen LogP contribution in [0.25, 0.3) is 0 Å². The van der Waals surface area contributed by atoms with Crippen molar-refractivity contribution in [2.24, 2.45) is 11.7 Å². The van der Waals surface area contributed by atoms with Crippen LogP contribution in [-0.2, 0) is 4.74 Å². The van der Waals surface area contributed by atoms with Crippen molar-refractivity contribution in [3.05, 3.63) is 0 Å². The molecule has 0 aromatic heterocycles. The number of nitrogens with two attached hydrogens (primary N) is 1. The standard InChI is InChI=1S/C14H28N2O/c15-8-3-11-17-14-6-9-16(10-7-14)12-13-4-1-2-5-13/h13-14H,1-12,15H2. The Labute approximate surface area is 106 Å². The van der Waals surface area contributed by atoms with Crippen LogP contribution < -0.4 is 5.73 Å². The molecule has 1 saturated heterocycles. The van der Waals surface area contributed by atoms with Gasteiger partial charge in [0.25, 0.3) is 0 Å². The quantitative estimate of drug-likeness (QED) is 0.722. The largest absolute Gasteiger partial charge is 0.378 e. The highest BCUT2D eigenvalue weighted by Crippen LogP contribution is 2.26. The molecule has 17 heavy (non-hydrogen) atoms. The summed E-state index contributed by atoms with van der Waals surface area (Å²) in [5, 5.41) is 0. The van der Waals surface area contributed by atoms with Crippen molar-refractivity contribution >= 4 is 0 Å². The van der Waals surface area contributed by atoms with Crippen molar-refractivity contribution in [2.75, 3.05) is 32.8 Å². The van der Waals surface area contributed by atoms with E-state index in [0.717, 1.165) is 25.5 Å². The summed E-state index contributed by atoms with van der Waals surface area (Å²) < 4.78 is 5.83. The fraction of sp³-hybridized carbons (Fsp3) is 1.00. The Morgan fingerprint density at radius 1 is 1.06 bits per heavy atom. The summed E-state index contributed by atoms with van der Waals surface area (Å²) >= 11 is 0. The second-order valence-electron chi connectivity index (χ2n) is 5.66. The first-order chi connectivity index (χ1) is 8.38. The summed E-state index contributed by atoms with van der Waals surface area (Å²) in [5.74, 6) is 0.990. The van der Waals surface area contributed by atoms with Crippen LogP contribution in [-0.4, -0.2) is 43.8 Å². The second kappa shape index (κ2) is 7.34. The van der Waals surface area contributed by atoms with Gasteiger partial charge in [0.15, 0.2) is 0 Å². The minimum atomic E-state index is 0.501. The predicted octanol–water partition coefficient (Wildman–Crippen LogP) is 2.01. The molecule has 0 spiro atoms. The molecule has 0 bridgehead atoms. The lowest BCUT2D eigenvalue weighted by Gasteiger charge is -2.33. The summed E-state index contributed by atoms with van der Waals surface area (Å²) in [6.07, 6.45) is 9.80. The molecule has 0 radical (unpaired) electrons. The van der Waals surface area contributed by atoms with Gasteiger partial charge in [-0.15, -0.1) is 0 Å². The van der Waals surface area contributed by atoms with Gasteiger partial charge in [0.05, 0.1) is 6.10 Å². The number of likely N-dealkylation sites (tertiary alicyclic amines) is 1. The topological polar surface area (TPSA) is 38.5 Å². The van der Waals surface area contributed by atoms with E-state index in [1.807, 2.05) is 0 Å². The van der Waals surface area contributed by atoms with Gasteiger partial charge in [0, 0.05) is 26.2 Å². The Bertz CT molecular complexity index is 196. The van der Waals surface area contributed by atoms with Crippen molar-refractivity contribution in [3.8, 4) is 0 Å². The Balaban J connectivity index is 1.57. The van der Waals surface area contributed by atoms with Crippen molar-refractivity contribution < 1.29 is 4.74 Å². The SMILES string of the molecule is NCCCOC1CCN(CC2CCCC2)CC1. The molecule has 2 aliphatic rings. The van der Waals surface area contributed by atoms with E-state index >= 15 is 0 Å². The number of ether oxygens (including phenoxy) is 1. The van der Waals surface area contributed by atoms with Crippen LogP contribution in [0, 0.1) is 5.92 Å². The number of rotatable bonds is 6. The van der Waals surface area contributed by atoms with Crippen molar-refractivity contribution in [2.45, 2.75) is 51.0 Å². The van der Waals surface area contributed by atoms with Crippen molar-refractivity contribution in [1.29, 1.82) is 0 Å². The number of piperidine rings is 1. The number of nitrogens with zero attached hydrogens (tertiary/aromatic N) is 1. The van der Waals surface area contributed by atoms with Gasteiger partial charge in [-0.2, -0.15) is 0 Å². The van der Waals surface area contributed by atoms with E-state index in [1.54, 1.807) is 0 Å². The molecular formula is C14H28N2O. The van der Waals surface area contributed by atoms with Crippen molar-refractivity contribution in [3.63, 3.8) is 0 Å². The normalized spacial score (nSPS) is 24.5. The molecule has 2 fully saturated rings. The zero-order valence-corrected chi connectivity index (χ0v) is 11.1. The molecule has 1 heterocycles. The summed E-state index contributed by atoms with van der Waals surface area (Å²) in [6.45, 7) is 5.42. The van der Waals surface area contributed by atoms with E-state index in [2.05, 4.69) is 4.90 Å². The third kappa shape index (κ3) is 4.57. The minimum absolute atomic E-state index is 0.501. The summed E-state index contributed by atoms with van der Waals surface area (Å²) in [6, 6.07) is 0. The van der Waals surface area contributed by atoms with Gasteiger partial charge in [0.2, 0.25) is 0 Å². The van der Waals surface area contributed by atoms with Gasteiger partial charge in [0.1, 0.15) is 0 Å². The zero-order valence-electron chi connectivity index (χ0n) is 11.1. The fourth-order valence-electron chi connectivity index (χ4n) is 3.15. The van der Waals surface area contributed by atoms with E-state index in [1.165, 1.54) is 58.2 Å². The van der Waals surface area contributed by atoms with E-state index in [-0.39, 0.29) is 0 Å². The molecule has 100 valence electrons. The van der Waals surface area contributed by atoms with Crippen LogP contribution >= 0.6 is 0 Å². The zero-order chi connectivity index (χ0) is 11.9. The van der Waals surface area contributed by atoms with Gasteiger partial charge < -0.3 is 15.4 Å². The highest BCUT2D eigenvalue weighted by molar-refractivity contribution is 4.77. The van der Waals surface area contributed by atoms with Gasteiger partial charge in [-0.1, -0.05) is 12.8 Å². The molecule has 0 unspecified atom stereocenters. The van der Waals surface area contributed by atoms with E-state index in [0.29, 0.717) is 6.10 Å². The van der Waals surface area contributed by atoms with Gasteiger partial charge in [-0.05, 0) is 44.6 Å². The average molecular weight is 240 g/mol. The molecule has 3 heteroatoms. The molecule has 2 rings (SSSR count). The maximum Gasteiger partial charge on any atom is 0.0599 e. The van der Waals surface area contributed by atoms with Crippen LogP contribution in [0.2, 0.25) is 0 Å². The molecule has 0 atom stereocenters. The van der Waals surface area contributed by atoms with E-state index < -0.39 is 0 Å². The number of hydrogen-bond donors (Lipinski definition) is 1. The first-order valence-corrected chi connectivity index (χ1v) is 7.42. The molecule has 0 aromatic carbocycles. The molecule has 3 nitrogen and oxygen atoms in total. The van der Waals surface area contributed by atoms with Crippen LogP contribution in [0.3, 0.4) is 0 Å². The maximum atomic E-state index is 5.83. The number of hydrogen-bond acceptors (Lipinski definition) is 3. The van der Waals surface area contributed by atoms with Crippen LogP contribution in [0.5, 0.6) is 0 Å². The van der Waals surface area contributed by atoms with Crippen LogP contribution in [0.1, 0.15) is 44.9 Å². The molecular weight excluding hydrogens is 212 g/mol. The highest BCUT2D eigenvalue weighted by Gasteiger charge is 2.23. The monoisotopic (exact) mass is 240 g/mol. The molecule has 0 aromatic rings. The smallest absolute Gasteiger partial charge is 0.0599 e. The summed E-state index contributed by atoms with van der Waals surface area (Å²) in [4.78, 5) is 2.65. The lowest BCUT2D eigenvalue weighted by atomic mass is 10.0. The fourth-order valence-corrected chi connectivity index (χ4v) is 3.15. The maximum absolute atomic E-state index is 5.83. The molecule has 1 saturated carbocycles. The van der Waals surface area contributed by atoms with E-state index in [4.69, 9.17) is 10.5 Å². The van der Waals surface area contributed by atoms with Gasteiger partial charge >= 0.3 is 0 Å². The van der Waals surface area contributed by atoms with E-state index in [9.17, 15) is 0 Å². The average Bonchev–Trinajstić information content (AvgIpc) is 2.85. The van der Waals surface area contributed by atoms with Crippen molar-refractivity contribution in [1.82, 2.24) is 4.90 Å². The molecule has 1 aliphatic carbocycles. The summed E-state index contributed by atoms with van der Waals surface area (Å²) in [5.41, 5.74) is 5.47. The first-order valence-electron chi connectivity index (χ1n) is 7.42. The van der Waals surface area contributed by atoms with Crippen LogP contribution in [0.15, 0.2) is 0 Å². The minimum Gasteiger partial charge on any atom is -0.378 e.